The maximum atomic E-state index is 12.8. The summed E-state index contributed by atoms with van der Waals surface area (Å²) >= 11 is 0. The van der Waals surface area contributed by atoms with E-state index in [1.807, 2.05) is 42.5 Å². The van der Waals surface area contributed by atoms with E-state index in [-0.39, 0.29) is 18.5 Å². The number of carbonyl (C=O) groups excluding carboxylic acids is 1. The normalized spacial score (nSPS) is 20.5. The molecule has 0 radical (unpaired) electrons. The Hall–Kier alpha value is -3.12. The molecule has 1 aliphatic heterocycles. The third-order valence-corrected chi connectivity index (χ3v) is 5.94. The van der Waals surface area contributed by atoms with Crippen molar-refractivity contribution in [1.29, 1.82) is 0 Å². The van der Waals surface area contributed by atoms with Crippen LogP contribution in [0.1, 0.15) is 28.6 Å². The topological polar surface area (TPSA) is 180 Å². The van der Waals surface area contributed by atoms with E-state index in [1.54, 1.807) is 0 Å². The summed E-state index contributed by atoms with van der Waals surface area (Å²) in [5.74, 6) is -0.720. The van der Waals surface area contributed by atoms with Gasteiger partial charge in [-0.25, -0.2) is 9.36 Å². The Morgan fingerprint density at radius 1 is 1.21 bits per heavy atom. The number of carbonyl (C=O) groups is 1. The number of hydrogen-bond acceptors (Lipinski definition) is 7. The molecular weight excluding hydrogens is 469 g/mol. The Morgan fingerprint density at radius 2 is 1.94 bits per heavy atom. The molecule has 3 aromatic rings. The van der Waals surface area contributed by atoms with Crippen LogP contribution in [0.2, 0.25) is 0 Å². The van der Waals surface area contributed by atoms with Crippen LogP contribution in [-0.2, 0) is 20.4 Å². The highest BCUT2D eigenvalue weighted by molar-refractivity contribution is 7.46. The number of ether oxygens (including phenoxy) is 1. The highest BCUT2D eigenvalue weighted by Gasteiger charge is 2.37. The monoisotopic (exact) mass is 491 g/mol. The first-order valence-corrected chi connectivity index (χ1v) is 11.8. The lowest BCUT2D eigenvalue weighted by atomic mass is 10.0. The fourth-order valence-corrected chi connectivity index (χ4v) is 4.13. The number of hydrogen-bond donors (Lipinski definition) is 5. The van der Waals surface area contributed by atoms with Gasteiger partial charge in [0.25, 0.3) is 11.5 Å². The van der Waals surface area contributed by atoms with Gasteiger partial charge in [0.05, 0.1) is 12.7 Å². The number of nitrogens with zero attached hydrogens (tertiary/aromatic N) is 1. The van der Waals surface area contributed by atoms with Gasteiger partial charge >= 0.3 is 13.5 Å². The predicted molar refractivity (Wildman–Crippen MR) is 119 cm³/mol. The van der Waals surface area contributed by atoms with E-state index in [4.69, 9.17) is 14.5 Å². The molecule has 1 amide bonds. The number of phosphoric ester groups is 1. The molecule has 0 aliphatic carbocycles. The Labute approximate surface area is 192 Å². The lowest BCUT2D eigenvalue weighted by Crippen LogP contribution is -2.38. The standard InChI is InChI=1S/C21H22N3O9P/c25-16-8-18(33-17(16)11-32-34(29,30)31)24-10-15(20(27)23-21(24)28)19(26)22-9-13-6-3-5-12-4-1-2-7-14(12)13/h1-7,10,16-18,25H,8-9,11H2,(H,22,26)(H,23,27,28)(H2,29,30,31)/t16-,17+,18+/m0/s1. The molecule has 2 aromatic carbocycles. The van der Waals surface area contributed by atoms with Crippen molar-refractivity contribution in [2.24, 2.45) is 0 Å². The average molecular weight is 491 g/mol. The van der Waals surface area contributed by atoms with Gasteiger partial charge in [0.2, 0.25) is 0 Å². The summed E-state index contributed by atoms with van der Waals surface area (Å²) in [6.45, 7) is -0.475. The van der Waals surface area contributed by atoms with Crippen LogP contribution in [0.3, 0.4) is 0 Å². The molecule has 34 heavy (non-hydrogen) atoms. The number of phosphoric acid groups is 1. The fourth-order valence-electron chi connectivity index (χ4n) is 3.78. The number of fused-ring (bicyclic) bond motifs is 1. The molecule has 1 aliphatic rings. The minimum atomic E-state index is -4.78. The molecule has 0 spiro atoms. The summed E-state index contributed by atoms with van der Waals surface area (Å²) in [7, 11) is -4.78. The lowest BCUT2D eigenvalue weighted by Gasteiger charge is -2.17. The van der Waals surface area contributed by atoms with Gasteiger partial charge in [-0.05, 0) is 16.3 Å². The molecule has 4 rings (SSSR count). The molecule has 1 aromatic heterocycles. The number of amides is 1. The van der Waals surface area contributed by atoms with Crippen molar-refractivity contribution in [3.63, 3.8) is 0 Å². The first kappa shape index (κ1) is 24.0. The number of aliphatic hydroxyl groups is 1. The number of H-pyrrole nitrogens is 1. The van der Waals surface area contributed by atoms with Crippen LogP contribution in [-0.4, -0.2) is 49.2 Å². The van der Waals surface area contributed by atoms with Crippen LogP contribution in [0.15, 0.2) is 58.3 Å². The van der Waals surface area contributed by atoms with Crippen LogP contribution in [0.25, 0.3) is 10.8 Å². The van der Waals surface area contributed by atoms with E-state index in [0.717, 1.165) is 27.1 Å². The Kier molecular flexibility index (Phi) is 6.80. The van der Waals surface area contributed by atoms with Crippen LogP contribution >= 0.6 is 7.82 Å². The second kappa shape index (κ2) is 9.63. The van der Waals surface area contributed by atoms with Gasteiger partial charge in [0.1, 0.15) is 17.9 Å². The van der Waals surface area contributed by atoms with E-state index >= 15 is 0 Å². The Morgan fingerprint density at radius 3 is 2.71 bits per heavy atom. The van der Waals surface area contributed by atoms with Gasteiger partial charge in [0.15, 0.2) is 0 Å². The fraction of sp³-hybridized carbons (Fsp3) is 0.286. The van der Waals surface area contributed by atoms with Crippen molar-refractivity contribution in [3.05, 3.63) is 80.6 Å². The van der Waals surface area contributed by atoms with Crippen LogP contribution in [0.4, 0.5) is 0 Å². The number of benzene rings is 2. The molecule has 5 N–H and O–H groups in total. The number of aromatic amines is 1. The van der Waals surface area contributed by atoms with E-state index in [2.05, 4.69) is 14.8 Å². The number of rotatable bonds is 7. The van der Waals surface area contributed by atoms with Gasteiger partial charge in [-0.3, -0.25) is 23.7 Å². The first-order chi connectivity index (χ1) is 16.1. The minimum Gasteiger partial charge on any atom is -0.390 e. The highest BCUT2D eigenvalue weighted by Crippen LogP contribution is 2.38. The van der Waals surface area contributed by atoms with Gasteiger partial charge < -0.3 is 24.9 Å². The van der Waals surface area contributed by atoms with E-state index in [9.17, 15) is 24.1 Å². The van der Waals surface area contributed by atoms with E-state index < -0.39 is 50.0 Å². The summed E-state index contributed by atoms with van der Waals surface area (Å²) in [4.78, 5) is 57.1. The third-order valence-electron chi connectivity index (χ3n) is 5.45. The zero-order valence-corrected chi connectivity index (χ0v) is 18.6. The molecule has 12 nitrogen and oxygen atoms in total. The van der Waals surface area contributed by atoms with Crippen LogP contribution in [0.5, 0.6) is 0 Å². The van der Waals surface area contributed by atoms with Crippen molar-refractivity contribution in [3.8, 4) is 0 Å². The SMILES string of the molecule is O=C(NCc1cccc2ccccc12)c1cn([C@H]2C[C@H](O)[C@@H](COP(=O)(O)O)O2)c(=O)[nH]c1=O. The second-order valence-corrected chi connectivity index (χ2v) is 8.99. The molecule has 0 saturated carbocycles. The van der Waals surface area contributed by atoms with Crippen molar-refractivity contribution < 1.29 is 33.5 Å². The molecule has 13 heteroatoms. The second-order valence-electron chi connectivity index (χ2n) is 7.75. The quantitative estimate of drug-likeness (QED) is 0.292. The Balaban J connectivity index is 1.51. The summed E-state index contributed by atoms with van der Waals surface area (Å²) in [5, 5.41) is 14.7. The highest BCUT2D eigenvalue weighted by atomic mass is 31.2. The van der Waals surface area contributed by atoms with Crippen molar-refractivity contribution in [1.82, 2.24) is 14.9 Å². The van der Waals surface area contributed by atoms with Gasteiger partial charge in [-0.15, -0.1) is 0 Å². The first-order valence-electron chi connectivity index (χ1n) is 10.3. The van der Waals surface area contributed by atoms with Crippen molar-refractivity contribution >= 4 is 24.5 Å². The Bertz CT molecular complexity index is 1370. The number of aliphatic hydroxyl groups excluding tert-OH is 1. The van der Waals surface area contributed by atoms with Gasteiger partial charge in [0, 0.05) is 19.2 Å². The molecule has 3 atom stereocenters. The largest absolute Gasteiger partial charge is 0.469 e. The number of nitrogens with one attached hydrogen (secondary N) is 2. The van der Waals surface area contributed by atoms with Crippen molar-refractivity contribution in [2.75, 3.05) is 6.61 Å². The third kappa shape index (κ3) is 5.33. The maximum Gasteiger partial charge on any atom is 0.469 e. The zero-order valence-electron chi connectivity index (χ0n) is 17.7. The summed E-state index contributed by atoms with van der Waals surface area (Å²) in [6.07, 6.45) is -2.50. The summed E-state index contributed by atoms with van der Waals surface area (Å²) in [5.41, 5.74) is -1.26. The molecule has 1 saturated heterocycles. The molecule has 1 fully saturated rings. The molecule has 180 valence electrons. The molecule has 2 heterocycles. The van der Waals surface area contributed by atoms with Gasteiger partial charge in [-0.2, -0.15) is 0 Å². The minimum absolute atomic E-state index is 0.127. The van der Waals surface area contributed by atoms with Crippen LogP contribution in [0, 0.1) is 0 Å². The predicted octanol–water partition coefficient (Wildman–Crippen LogP) is 0.377. The summed E-state index contributed by atoms with van der Waals surface area (Å²) < 4.78 is 21.7. The van der Waals surface area contributed by atoms with E-state index in [0.29, 0.717) is 0 Å². The van der Waals surface area contributed by atoms with Crippen LogP contribution < -0.4 is 16.6 Å². The van der Waals surface area contributed by atoms with Gasteiger partial charge in [-0.1, -0.05) is 42.5 Å². The maximum absolute atomic E-state index is 12.8. The molecule has 0 unspecified atom stereocenters. The summed E-state index contributed by atoms with van der Waals surface area (Å²) in [6, 6.07) is 13.3. The lowest BCUT2D eigenvalue weighted by molar-refractivity contribution is -0.0451. The molecular formula is C21H22N3O9P. The zero-order chi connectivity index (χ0) is 24.5. The van der Waals surface area contributed by atoms with Crippen molar-refractivity contribution in [2.45, 2.75) is 31.4 Å². The van der Waals surface area contributed by atoms with E-state index in [1.165, 1.54) is 0 Å². The average Bonchev–Trinajstić information content (AvgIpc) is 3.15. The smallest absolute Gasteiger partial charge is 0.390 e. The molecule has 0 bridgehead atoms. The number of aromatic nitrogens is 2.